The van der Waals surface area contributed by atoms with Crippen LogP contribution in [0.3, 0.4) is 0 Å². The monoisotopic (exact) mass is 311 g/mol. The number of halogens is 2. The van der Waals surface area contributed by atoms with Gasteiger partial charge in [-0.15, -0.1) is 0 Å². The number of hydrogen-bond acceptors (Lipinski definition) is 4. The molecule has 0 radical (unpaired) electrons. The molecule has 0 spiro atoms. The zero-order valence-electron chi connectivity index (χ0n) is 10.9. The van der Waals surface area contributed by atoms with Crippen molar-refractivity contribution in [3.8, 4) is 0 Å². The Kier molecular flexibility index (Phi) is 3.05. The summed E-state index contributed by atoms with van der Waals surface area (Å²) >= 11 is 12.1. The fraction of sp³-hybridized carbons (Fsp3) is 0.500. The second kappa shape index (κ2) is 4.79. The Hall–Kier alpha value is -0.970. The zero-order chi connectivity index (χ0) is 13.7. The lowest BCUT2D eigenvalue weighted by Gasteiger charge is -2.44. The molecule has 2 aromatic rings. The van der Waals surface area contributed by atoms with Crippen LogP contribution in [0.4, 0.5) is 5.82 Å². The van der Waals surface area contributed by atoms with E-state index < -0.39 is 0 Å². The van der Waals surface area contributed by atoms with Crippen LogP contribution in [-0.2, 0) is 0 Å². The Morgan fingerprint density at radius 2 is 1.95 bits per heavy atom. The smallest absolute Gasteiger partial charge is 0.177 e. The molecule has 3 saturated heterocycles. The molecular weight excluding hydrogens is 297 g/mol. The van der Waals surface area contributed by atoms with E-state index in [4.69, 9.17) is 27.7 Å². The van der Waals surface area contributed by atoms with Gasteiger partial charge in [0, 0.05) is 18.7 Å². The summed E-state index contributed by atoms with van der Waals surface area (Å²) in [5.74, 6) is 1.51. The quantitative estimate of drug-likeness (QED) is 0.919. The highest BCUT2D eigenvalue weighted by atomic mass is 35.5. The molecule has 4 nitrogen and oxygen atoms in total. The van der Waals surface area contributed by atoms with E-state index >= 15 is 0 Å². The third-order valence-electron chi connectivity index (χ3n) is 4.49. The third-order valence-corrected chi connectivity index (χ3v) is 5.21. The van der Waals surface area contributed by atoms with E-state index in [9.17, 15) is 0 Å². The number of aromatic nitrogens is 1. The molecule has 1 atom stereocenters. The molecule has 4 heterocycles. The van der Waals surface area contributed by atoms with Crippen LogP contribution >= 0.6 is 23.2 Å². The zero-order valence-corrected chi connectivity index (χ0v) is 12.4. The Balaban J connectivity index is 1.64. The maximum absolute atomic E-state index is 6.08. The van der Waals surface area contributed by atoms with E-state index in [1.165, 1.54) is 25.9 Å². The van der Waals surface area contributed by atoms with Crippen molar-refractivity contribution in [2.75, 3.05) is 25.0 Å². The summed E-state index contributed by atoms with van der Waals surface area (Å²) in [6.07, 6.45) is 2.53. The normalized spacial score (nSPS) is 29.0. The van der Waals surface area contributed by atoms with Gasteiger partial charge in [0.1, 0.15) is 0 Å². The molecule has 3 aliphatic heterocycles. The highest BCUT2D eigenvalue weighted by molar-refractivity contribution is 6.42. The van der Waals surface area contributed by atoms with Crippen LogP contribution in [-0.4, -0.2) is 35.7 Å². The minimum atomic E-state index is 0.445. The van der Waals surface area contributed by atoms with E-state index in [2.05, 4.69) is 15.4 Å². The second-order valence-corrected chi connectivity index (χ2v) is 6.50. The molecule has 3 aliphatic rings. The van der Waals surface area contributed by atoms with E-state index in [-0.39, 0.29) is 0 Å². The number of benzene rings is 1. The number of hydrogen-bond donors (Lipinski definition) is 1. The van der Waals surface area contributed by atoms with Crippen molar-refractivity contribution >= 4 is 40.0 Å². The highest BCUT2D eigenvalue weighted by Crippen LogP contribution is 2.34. The molecule has 20 heavy (non-hydrogen) atoms. The topological polar surface area (TPSA) is 41.3 Å². The van der Waals surface area contributed by atoms with Gasteiger partial charge in [0.25, 0.3) is 0 Å². The molecule has 1 aromatic carbocycles. The molecule has 5 rings (SSSR count). The average molecular weight is 312 g/mol. The Bertz CT molecular complexity index is 649. The van der Waals surface area contributed by atoms with Gasteiger partial charge >= 0.3 is 0 Å². The van der Waals surface area contributed by atoms with Crippen LogP contribution < -0.4 is 5.32 Å². The van der Waals surface area contributed by atoms with E-state index in [1.807, 2.05) is 6.07 Å². The Labute approximate surface area is 127 Å². The minimum Gasteiger partial charge on any atom is -0.362 e. The summed E-state index contributed by atoms with van der Waals surface area (Å²) < 4.78 is 5.34. The van der Waals surface area contributed by atoms with Crippen molar-refractivity contribution in [2.24, 2.45) is 5.92 Å². The van der Waals surface area contributed by atoms with Crippen LogP contribution in [0.1, 0.15) is 12.8 Å². The van der Waals surface area contributed by atoms with Crippen molar-refractivity contribution in [2.45, 2.75) is 18.9 Å². The standard InChI is InChI=1S/C14H15Cl2N3O/c15-10-5-9-13(6-11(10)16)20-18-14(9)17-12-7-19-3-1-8(12)2-4-19/h5-6,8,12H,1-4,7H2,(H,17,18). The Morgan fingerprint density at radius 3 is 2.65 bits per heavy atom. The van der Waals surface area contributed by atoms with Gasteiger partial charge in [0.05, 0.1) is 15.4 Å². The first-order valence-corrected chi connectivity index (χ1v) is 7.69. The molecule has 0 aliphatic carbocycles. The van der Waals surface area contributed by atoms with Gasteiger partial charge < -0.3 is 14.7 Å². The summed E-state index contributed by atoms with van der Waals surface area (Å²) in [7, 11) is 0. The number of nitrogens with one attached hydrogen (secondary N) is 1. The molecule has 106 valence electrons. The van der Waals surface area contributed by atoms with Gasteiger partial charge in [-0.3, -0.25) is 0 Å². The summed E-state index contributed by atoms with van der Waals surface area (Å²) in [6.45, 7) is 3.54. The maximum atomic E-state index is 6.08. The molecule has 1 aromatic heterocycles. The van der Waals surface area contributed by atoms with Gasteiger partial charge in [0.15, 0.2) is 11.4 Å². The fourth-order valence-electron chi connectivity index (χ4n) is 3.34. The molecule has 1 N–H and O–H groups in total. The molecule has 2 bridgehead atoms. The number of nitrogens with zero attached hydrogens (tertiary/aromatic N) is 2. The van der Waals surface area contributed by atoms with Gasteiger partial charge in [-0.05, 0) is 37.9 Å². The lowest BCUT2D eigenvalue weighted by molar-refractivity contribution is 0.0973. The van der Waals surface area contributed by atoms with Crippen LogP contribution in [0.25, 0.3) is 11.0 Å². The largest absolute Gasteiger partial charge is 0.362 e. The van der Waals surface area contributed by atoms with Crippen LogP contribution in [0.2, 0.25) is 10.0 Å². The van der Waals surface area contributed by atoms with Gasteiger partial charge in [-0.1, -0.05) is 28.4 Å². The Morgan fingerprint density at radius 1 is 1.20 bits per heavy atom. The first-order valence-electron chi connectivity index (χ1n) is 6.94. The predicted molar refractivity (Wildman–Crippen MR) is 80.6 cm³/mol. The number of fused-ring (bicyclic) bond motifs is 4. The van der Waals surface area contributed by atoms with E-state index in [1.54, 1.807) is 6.07 Å². The third kappa shape index (κ3) is 2.07. The first kappa shape index (κ1) is 12.7. The molecular formula is C14H15Cl2N3O. The molecule has 1 unspecified atom stereocenters. The van der Waals surface area contributed by atoms with Crippen molar-refractivity contribution in [1.29, 1.82) is 0 Å². The van der Waals surface area contributed by atoms with Crippen molar-refractivity contribution in [1.82, 2.24) is 10.1 Å². The van der Waals surface area contributed by atoms with Crippen LogP contribution in [0, 0.1) is 5.92 Å². The summed E-state index contributed by atoms with van der Waals surface area (Å²) in [6, 6.07) is 3.98. The van der Waals surface area contributed by atoms with Crippen LogP contribution in [0.15, 0.2) is 16.7 Å². The summed E-state index contributed by atoms with van der Waals surface area (Å²) in [4.78, 5) is 2.50. The predicted octanol–water partition coefficient (Wildman–Crippen LogP) is 3.64. The van der Waals surface area contributed by atoms with Crippen molar-refractivity contribution in [3.05, 3.63) is 22.2 Å². The summed E-state index contributed by atoms with van der Waals surface area (Å²) in [5, 5.41) is 9.58. The van der Waals surface area contributed by atoms with Crippen molar-refractivity contribution < 1.29 is 4.52 Å². The van der Waals surface area contributed by atoms with Crippen molar-refractivity contribution in [3.63, 3.8) is 0 Å². The summed E-state index contributed by atoms with van der Waals surface area (Å²) in [5.41, 5.74) is 0.670. The number of piperidine rings is 3. The molecule has 3 fully saturated rings. The molecule has 6 heteroatoms. The average Bonchev–Trinajstić information content (AvgIpc) is 2.83. The highest BCUT2D eigenvalue weighted by Gasteiger charge is 2.34. The lowest BCUT2D eigenvalue weighted by Crippen LogP contribution is -2.53. The van der Waals surface area contributed by atoms with E-state index in [0.29, 0.717) is 21.7 Å². The second-order valence-electron chi connectivity index (χ2n) is 5.68. The van der Waals surface area contributed by atoms with Gasteiger partial charge in [-0.2, -0.15) is 0 Å². The van der Waals surface area contributed by atoms with E-state index in [0.717, 1.165) is 23.7 Å². The first-order chi connectivity index (χ1) is 9.70. The van der Waals surface area contributed by atoms with Gasteiger partial charge in [0.2, 0.25) is 0 Å². The fourth-order valence-corrected chi connectivity index (χ4v) is 3.66. The molecule has 0 amide bonds. The molecule has 0 saturated carbocycles. The maximum Gasteiger partial charge on any atom is 0.177 e. The number of anilines is 1. The van der Waals surface area contributed by atoms with Crippen LogP contribution in [0.5, 0.6) is 0 Å². The SMILES string of the molecule is Clc1cc2onc(NC3CN4CCC3CC4)c2cc1Cl. The minimum absolute atomic E-state index is 0.445. The van der Waals surface area contributed by atoms with Gasteiger partial charge in [-0.25, -0.2) is 0 Å². The lowest BCUT2D eigenvalue weighted by atomic mass is 9.84. The number of rotatable bonds is 2.